The number of halogens is 1. The molecule has 0 radical (unpaired) electrons. The molecule has 2 aromatic rings. The quantitative estimate of drug-likeness (QED) is 0.444. The molecule has 0 bridgehead atoms. The Hall–Kier alpha value is -2.86. The highest BCUT2D eigenvalue weighted by atomic mass is 32.2. The molecule has 3 unspecified atom stereocenters. The van der Waals surface area contributed by atoms with Gasteiger partial charge in [-0.05, 0) is 36.1 Å². The average Bonchev–Trinajstić information content (AvgIpc) is 2.95. The van der Waals surface area contributed by atoms with E-state index in [1.54, 1.807) is 25.1 Å². The first kappa shape index (κ1) is 28.7. The first-order valence-electron chi connectivity index (χ1n) is 12.0. The van der Waals surface area contributed by atoms with Crippen LogP contribution in [0.15, 0.2) is 30.3 Å². The molecule has 1 aromatic carbocycles. The van der Waals surface area contributed by atoms with E-state index < -0.39 is 46.5 Å². The molecule has 2 heterocycles. The summed E-state index contributed by atoms with van der Waals surface area (Å²) < 4.78 is 46.5. The molecule has 0 spiro atoms. The zero-order valence-electron chi connectivity index (χ0n) is 21.3. The van der Waals surface area contributed by atoms with Crippen molar-refractivity contribution in [1.82, 2.24) is 4.98 Å². The van der Waals surface area contributed by atoms with Gasteiger partial charge in [0, 0.05) is 17.5 Å². The summed E-state index contributed by atoms with van der Waals surface area (Å²) in [7, 11) is -3.71. The van der Waals surface area contributed by atoms with Crippen molar-refractivity contribution < 1.29 is 37.7 Å². The largest absolute Gasteiger partial charge is 0.481 e. The first-order chi connectivity index (χ1) is 17.3. The minimum Gasteiger partial charge on any atom is -0.481 e. The Morgan fingerprint density at radius 3 is 2.49 bits per heavy atom. The predicted octanol–water partition coefficient (Wildman–Crippen LogP) is 3.30. The standard InChI is InChI=1S/C26H33FN2O7S/c1-15(2)25-21(10-9-19(30)11-20(31)12-23(32)33)24(17-5-7-18(27)8-6-17)22-14-36-16(3)13-29(26(22)28-25)37(4,34)35/h5-10,15-16,19-20,30-31H,11-14H2,1-4H3,(H,32,33). The summed E-state index contributed by atoms with van der Waals surface area (Å²) in [5.41, 5.74) is 2.83. The van der Waals surface area contributed by atoms with Crippen LogP contribution in [-0.4, -0.2) is 65.8 Å². The van der Waals surface area contributed by atoms with Crippen LogP contribution in [0.4, 0.5) is 10.2 Å². The van der Waals surface area contributed by atoms with Crippen molar-refractivity contribution in [1.29, 1.82) is 0 Å². The number of aliphatic carboxylic acids is 1. The number of carbonyl (C=O) groups is 1. The van der Waals surface area contributed by atoms with Crippen molar-refractivity contribution in [3.8, 4) is 11.1 Å². The van der Waals surface area contributed by atoms with Gasteiger partial charge in [0.1, 0.15) is 11.6 Å². The third-order valence-corrected chi connectivity index (χ3v) is 7.13. The molecule has 0 saturated heterocycles. The molecule has 1 aromatic heterocycles. The highest BCUT2D eigenvalue weighted by Crippen LogP contribution is 2.40. The maximum absolute atomic E-state index is 13.8. The number of hydrogen-bond acceptors (Lipinski definition) is 7. The summed E-state index contributed by atoms with van der Waals surface area (Å²) in [6.07, 6.45) is 0.673. The Labute approximate surface area is 216 Å². The number of benzene rings is 1. The summed E-state index contributed by atoms with van der Waals surface area (Å²) in [5.74, 6) is -1.54. The van der Waals surface area contributed by atoms with Crippen molar-refractivity contribution in [2.75, 3.05) is 17.1 Å². The van der Waals surface area contributed by atoms with Crippen LogP contribution in [0.25, 0.3) is 17.2 Å². The van der Waals surface area contributed by atoms with Gasteiger partial charge in [-0.1, -0.05) is 38.1 Å². The van der Waals surface area contributed by atoms with Gasteiger partial charge in [0.2, 0.25) is 10.0 Å². The fraction of sp³-hybridized carbons (Fsp3) is 0.462. The van der Waals surface area contributed by atoms with Gasteiger partial charge in [-0.3, -0.25) is 9.10 Å². The van der Waals surface area contributed by atoms with Crippen LogP contribution >= 0.6 is 0 Å². The van der Waals surface area contributed by atoms with Crippen molar-refractivity contribution in [3.05, 3.63) is 53.0 Å². The normalized spacial score (nSPS) is 18.1. The van der Waals surface area contributed by atoms with Crippen molar-refractivity contribution in [2.45, 2.75) is 64.4 Å². The first-order valence-corrected chi connectivity index (χ1v) is 13.8. The van der Waals surface area contributed by atoms with E-state index in [2.05, 4.69) is 0 Å². The Kier molecular flexibility index (Phi) is 9.06. The zero-order valence-corrected chi connectivity index (χ0v) is 22.1. The molecule has 0 saturated carbocycles. The second-order valence-corrected chi connectivity index (χ2v) is 11.5. The van der Waals surface area contributed by atoms with Gasteiger partial charge in [0.05, 0.1) is 49.8 Å². The van der Waals surface area contributed by atoms with Crippen molar-refractivity contribution in [3.63, 3.8) is 0 Å². The van der Waals surface area contributed by atoms with Crippen LogP contribution in [0.5, 0.6) is 0 Å². The number of hydrogen-bond donors (Lipinski definition) is 3. The van der Waals surface area contributed by atoms with E-state index >= 15 is 0 Å². The lowest BCUT2D eigenvalue weighted by Crippen LogP contribution is -2.36. The number of fused-ring (bicyclic) bond motifs is 1. The van der Waals surface area contributed by atoms with E-state index in [9.17, 15) is 27.8 Å². The molecule has 0 aliphatic carbocycles. The maximum atomic E-state index is 13.8. The average molecular weight is 537 g/mol. The third kappa shape index (κ3) is 7.13. The van der Waals surface area contributed by atoms with Gasteiger partial charge >= 0.3 is 5.97 Å². The number of aromatic nitrogens is 1. The minimum atomic E-state index is -3.71. The summed E-state index contributed by atoms with van der Waals surface area (Å²) in [5, 5.41) is 29.2. The molecule has 0 amide bonds. The van der Waals surface area contributed by atoms with Crippen molar-refractivity contribution in [2.24, 2.45) is 0 Å². The lowest BCUT2D eigenvalue weighted by atomic mass is 9.90. The topological polar surface area (TPSA) is 137 Å². The number of sulfonamides is 1. The summed E-state index contributed by atoms with van der Waals surface area (Å²) >= 11 is 0. The van der Waals surface area contributed by atoms with Gasteiger partial charge in [-0.2, -0.15) is 0 Å². The molecule has 1 aliphatic rings. The van der Waals surface area contributed by atoms with Crippen LogP contribution < -0.4 is 4.31 Å². The maximum Gasteiger partial charge on any atom is 0.305 e. The lowest BCUT2D eigenvalue weighted by molar-refractivity contribution is -0.139. The summed E-state index contributed by atoms with van der Waals surface area (Å²) in [6, 6.07) is 5.77. The summed E-state index contributed by atoms with van der Waals surface area (Å²) in [4.78, 5) is 15.6. The zero-order chi connectivity index (χ0) is 27.5. The highest BCUT2D eigenvalue weighted by molar-refractivity contribution is 7.92. The lowest BCUT2D eigenvalue weighted by Gasteiger charge is -2.26. The van der Waals surface area contributed by atoms with Crippen LogP contribution in [0.2, 0.25) is 0 Å². The molecule has 37 heavy (non-hydrogen) atoms. The number of carboxylic acid groups (broad SMARTS) is 1. The second-order valence-electron chi connectivity index (χ2n) is 9.58. The highest BCUT2D eigenvalue weighted by Gasteiger charge is 2.32. The second kappa shape index (κ2) is 11.7. The van der Waals surface area contributed by atoms with Gasteiger partial charge in [0.25, 0.3) is 0 Å². The molecule has 3 N–H and O–H groups in total. The van der Waals surface area contributed by atoms with E-state index in [0.717, 1.165) is 6.26 Å². The number of carboxylic acids is 1. The molecule has 0 fully saturated rings. The Morgan fingerprint density at radius 2 is 1.92 bits per heavy atom. The summed E-state index contributed by atoms with van der Waals surface area (Å²) in [6.45, 7) is 5.70. The molecule has 11 heteroatoms. The van der Waals surface area contributed by atoms with E-state index in [4.69, 9.17) is 14.8 Å². The number of nitrogens with zero attached hydrogens (tertiary/aromatic N) is 2. The van der Waals surface area contributed by atoms with Crippen LogP contribution in [-0.2, 0) is 26.2 Å². The van der Waals surface area contributed by atoms with E-state index in [0.29, 0.717) is 27.9 Å². The Morgan fingerprint density at radius 1 is 1.27 bits per heavy atom. The molecule has 3 rings (SSSR count). The number of aliphatic hydroxyl groups excluding tert-OH is 2. The fourth-order valence-corrected chi connectivity index (χ4v) is 5.23. The van der Waals surface area contributed by atoms with Crippen LogP contribution in [0, 0.1) is 5.82 Å². The Balaban J connectivity index is 2.26. The van der Waals surface area contributed by atoms with Crippen molar-refractivity contribution >= 4 is 27.9 Å². The number of ether oxygens (including phenoxy) is 1. The van der Waals surface area contributed by atoms with Crippen LogP contribution in [0.1, 0.15) is 56.4 Å². The van der Waals surface area contributed by atoms with E-state index in [1.165, 1.54) is 22.5 Å². The molecule has 9 nitrogen and oxygen atoms in total. The molecular weight excluding hydrogens is 503 g/mol. The molecule has 202 valence electrons. The Bertz CT molecular complexity index is 1260. The smallest absolute Gasteiger partial charge is 0.305 e. The molecule has 3 atom stereocenters. The van der Waals surface area contributed by atoms with Gasteiger partial charge in [-0.25, -0.2) is 17.8 Å². The number of aliphatic hydroxyl groups is 2. The predicted molar refractivity (Wildman–Crippen MR) is 138 cm³/mol. The van der Waals surface area contributed by atoms with Crippen LogP contribution in [0.3, 0.4) is 0 Å². The van der Waals surface area contributed by atoms with Gasteiger partial charge in [0.15, 0.2) is 0 Å². The number of pyridine rings is 1. The SMILES string of the molecule is CC1CN(S(C)(=O)=O)c2nc(C(C)C)c(C=CC(O)CC(O)CC(=O)O)c(-c3ccc(F)cc3)c2CO1. The number of rotatable bonds is 9. The third-order valence-electron chi connectivity index (χ3n) is 6.00. The minimum absolute atomic E-state index is 0.0569. The van der Waals surface area contributed by atoms with E-state index in [-0.39, 0.29) is 31.3 Å². The molecule has 1 aliphatic heterocycles. The fourth-order valence-electron chi connectivity index (χ4n) is 4.28. The van der Waals surface area contributed by atoms with Gasteiger partial charge in [-0.15, -0.1) is 0 Å². The van der Waals surface area contributed by atoms with E-state index in [1.807, 2.05) is 13.8 Å². The monoisotopic (exact) mass is 536 g/mol. The number of anilines is 1. The molecular formula is C26H33FN2O7S. The van der Waals surface area contributed by atoms with Gasteiger partial charge < -0.3 is 20.1 Å².